The summed E-state index contributed by atoms with van der Waals surface area (Å²) in [7, 11) is 0. The molecule has 0 bridgehead atoms. The van der Waals surface area contributed by atoms with Gasteiger partial charge in [-0.15, -0.1) is 0 Å². The van der Waals surface area contributed by atoms with Crippen LogP contribution >= 0.6 is 39.9 Å². The van der Waals surface area contributed by atoms with Crippen molar-refractivity contribution in [2.24, 2.45) is 0 Å². The normalized spacial score (nSPS) is 15.4. The summed E-state index contributed by atoms with van der Waals surface area (Å²) in [5.74, 6) is -0.0859. The average molecular weight is 505 g/mol. The fourth-order valence-corrected chi connectivity index (χ4v) is 5.28. The molecule has 0 atom stereocenters. The van der Waals surface area contributed by atoms with Crippen LogP contribution in [0.15, 0.2) is 94.4 Å². The zero-order valence-electron chi connectivity index (χ0n) is 16.4. The number of carbonyl (C=O) groups excluding carboxylic acids is 1. The molecule has 2 heterocycles. The van der Waals surface area contributed by atoms with Crippen LogP contribution in [0.3, 0.4) is 0 Å². The number of halogens is 1. The first-order chi connectivity index (χ1) is 15.1. The van der Waals surface area contributed by atoms with Crippen LogP contribution in [0, 0.1) is 0 Å². The van der Waals surface area contributed by atoms with Crippen molar-refractivity contribution < 1.29 is 4.79 Å². The Hall–Kier alpha value is -2.67. The molecular weight excluding hydrogens is 488 g/mol. The summed E-state index contributed by atoms with van der Waals surface area (Å²) in [5.41, 5.74) is 4.17. The predicted molar refractivity (Wildman–Crippen MR) is 137 cm³/mol. The van der Waals surface area contributed by atoms with E-state index in [1.54, 1.807) is 4.90 Å². The molecule has 3 nitrogen and oxygen atoms in total. The molecule has 1 amide bonds. The molecule has 1 aliphatic rings. The minimum Gasteiger partial charge on any atom is -0.342 e. The van der Waals surface area contributed by atoms with E-state index < -0.39 is 0 Å². The SMILES string of the molecule is O=C1/C(=C/c2cn(Cc3ccccc3)c3ccccc23)SC(=S)N1c1ccc(Br)cc1. The molecule has 5 rings (SSSR count). The molecule has 3 aromatic carbocycles. The second-order valence-corrected chi connectivity index (χ2v) is 9.80. The summed E-state index contributed by atoms with van der Waals surface area (Å²) in [5, 5.41) is 1.12. The van der Waals surface area contributed by atoms with Crippen LogP contribution in [0.1, 0.15) is 11.1 Å². The van der Waals surface area contributed by atoms with Crippen LogP contribution in [0.5, 0.6) is 0 Å². The van der Waals surface area contributed by atoms with Gasteiger partial charge in [0, 0.05) is 33.7 Å². The van der Waals surface area contributed by atoms with E-state index in [9.17, 15) is 4.79 Å². The van der Waals surface area contributed by atoms with Crippen molar-refractivity contribution in [1.29, 1.82) is 0 Å². The first kappa shape index (κ1) is 20.2. The van der Waals surface area contributed by atoms with E-state index in [1.165, 1.54) is 17.3 Å². The molecule has 1 aliphatic heterocycles. The van der Waals surface area contributed by atoms with E-state index in [4.69, 9.17) is 12.2 Å². The fourth-order valence-electron chi connectivity index (χ4n) is 3.72. The molecule has 0 aliphatic carbocycles. The van der Waals surface area contributed by atoms with Gasteiger partial charge in [-0.3, -0.25) is 9.69 Å². The summed E-state index contributed by atoms with van der Waals surface area (Å²) in [6.45, 7) is 0.773. The summed E-state index contributed by atoms with van der Waals surface area (Å²) in [6, 6.07) is 26.3. The van der Waals surface area contributed by atoms with Crippen molar-refractivity contribution in [3.63, 3.8) is 0 Å². The summed E-state index contributed by atoms with van der Waals surface area (Å²) in [4.78, 5) is 15.4. The quantitative estimate of drug-likeness (QED) is 0.224. The highest BCUT2D eigenvalue weighted by Gasteiger charge is 2.33. The van der Waals surface area contributed by atoms with E-state index in [0.717, 1.165) is 33.2 Å². The Morgan fingerprint density at radius 3 is 2.42 bits per heavy atom. The van der Waals surface area contributed by atoms with Crippen LogP contribution in [0.2, 0.25) is 0 Å². The molecule has 6 heteroatoms. The number of benzene rings is 3. The number of aromatic nitrogens is 1. The van der Waals surface area contributed by atoms with Crippen LogP contribution < -0.4 is 4.90 Å². The molecule has 1 fully saturated rings. The van der Waals surface area contributed by atoms with Crippen molar-refractivity contribution in [1.82, 2.24) is 4.57 Å². The lowest BCUT2D eigenvalue weighted by Crippen LogP contribution is -2.27. The van der Waals surface area contributed by atoms with E-state index in [1.807, 2.05) is 48.5 Å². The number of nitrogens with zero attached hydrogens (tertiary/aromatic N) is 2. The molecule has 1 aromatic heterocycles. The number of para-hydroxylation sites is 1. The van der Waals surface area contributed by atoms with E-state index in [-0.39, 0.29) is 5.91 Å². The number of thiocarbonyl (C=S) groups is 1. The minimum absolute atomic E-state index is 0.0859. The Bertz CT molecular complexity index is 1330. The lowest BCUT2D eigenvalue weighted by Gasteiger charge is -2.14. The number of hydrogen-bond acceptors (Lipinski definition) is 3. The summed E-state index contributed by atoms with van der Waals surface area (Å²) >= 11 is 10.3. The first-order valence-electron chi connectivity index (χ1n) is 9.75. The molecule has 0 spiro atoms. The van der Waals surface area contributed by atoms with E-state index in [2.05, 4.69) is 63.1 Å². The van der Waals surface area contributed by atoms with Gasteiger partial charge in [0.2, 0.25) is 0 Å². The molecule has 0 N–H and O–H groups in total. The maximum Gasteiger partial charge on any atom is 0.270 e. The Morgan fingerprint density at radius 1 is 0.935 bits per heavy atom. The van der Waals surface area contributed by atoms with Gasteiger partial charge < -0.3 is 4.57 Å². The zero-order chi connectivity index (χ0) is 21.4. The van der Waals surface area contributed by atoms with Gasteiger partial charge in [-0.1, -0.05) is 88.4 Å². The molecule has 0 radical (unpaired) electrons. The van der Waals surface area contributed by atoms with Gasteiger partial charge in [-0.25, -0.2) is 0 Å². The molecule has 152 valence electrons. The van der Waals surface area contributed by atoms with Gasteiger partial charge in [-0.05, 0) is 42.0 Å². The van der Waals surface area contributed by atoms with Gasteiger partial charge in [0.25, 0.3) is 5.91 Å². The molecular formula is C25H17BrN2OS2. The molecule has 0 unspecified atom stereocenters. The highest BCUT2D eigenvalue weighted by molar-refractivity contribution is 9.10. The Labute approximate surface area is 198 Å². The number of amides is 1. The van der Waals surface area contributed by atoms with Gasteiger partial charge in [-0.2, -0.15) is 0 Å². The maximum absolute atomic E-state index is 13.2. The topological polar surface area (TPSA) is 25.2 Å². The van der Waals surface area contributed by atoms with E-state index in [0.29, 0.717) is 9.23 Å². The van der Waals surface area contributed by atoms with Crippen LogP contribution in [0.4, 0.5) is 5.69 Å². The highest BCUT2D eigenvalue weighted by Crippen LogP contribution is 2.37. The average Bonchev–Trinajstić information content (AvgIpc) is 3.26. The standard InChI is InChI=1S/C25H17BrN2OS2/c26-19-10-12-20(13-11-19)28-24(29)23(31-25(28)30)14-18-16-27(15-17-6-2-1-3-7-17)22-9-5-4-8-21(18)22/h1-14,16H,15H2/b23-14-. The lowest BCUT2D eigenvalue weighted by atomic mass is 10.1. The smallest absolute Gasteiger partial charge is 0.270 e. The van der Waals surface area contributed by atoms with Crippen molar-refractivity contribution in [2.75, 3.05) is 4.90 Å². The number of fused-ring (bicyclic) bond motifs is 1. The Balaban J connectivity index is 1.52. The van der Waals surface area contributed by atoms with Gasteiger partial charge >= 0.3 is 0 Å². The van der Waals surface area contributed by atoms with Crippen molar-refractivity contribution in [3.05, 3.63) is 106 Å². The maximum atomic E-state index is 13.2. The monoisotopic (exact) mass is 504 g/mol. The fraction of sp³-hybridized carbons (Fsp3) is 0.0400. The lowest BCUT2D eigenvalue weighted by molar-refractivity contribution is -0.113. The third-order valence-electron chi connectivity index (χ3n) is 5.18. The number of anilines is 1. The summed E-state index contributed by atoms with van der Waals surface area (Å²) in [6.07, 6.45) is 4.08. The molecule has 0 saturated carbocycles. The van der Waals surface area contributed by atoms with Crippen molar-refractivity contribution in [2.45, 2.75) is 6.54 Å². The predicted octanol–water partition coefficient (Wildman–Crippen LogP) is 6.86. The third-order valence-corrected chi connectivity index (χ3v) is 7.01. The number of carbonyl (C=O) groups is 1. The Kier molecular flexibility index (Phi) is 5.52. The van der Waals surface area contributed by atoms with Gasteiger partial charge in [0.15, 0.2) is 4.32 Å². The molecule has 31 heavy (non-hydrogen) atoms. The van der Waals surface area contributed by atoms with Crippen LogP contribution in [0.25, 0.3) is 17.0 Å². The van der Waals surface area contributed by atoms with E-state index >= 15 is 0 Å². The minimum atomic E-state index is -0.0859. The van der Waals surface area contributed by atoms with Crippen LogP contribution in [-0.4, -0.2) is 14.8 Å². The molecule has 1 saturated heterocycles. The first-order valence-corrected chi connectivity index (χ1v) is 11.8. The third kappa shape index (κ3) is 3.99. The second kappa shape index (κ2) is 8.46. The zero-order valence-corrected chi connectivity index (χ0v) is 19.6. The second-order valence-electron chi connectivity index (χ2n) is 7.21. The summed E-state index contributed by atoms with van der Waals surface area (Å²) < 4.78 is 3.74. The molecule has 4 aromatic rings. The number of thioether (sulfide) groups is 1. The van der Waals surface area contributed by atoms with Crippen molar-refractivity contribution in [3.8, 4) is 0 Å². The van der Waals surface area contributed by atoms with Gasteiger partial charge in [0.05, 0.1) is 10.6 Å². The largest absolute Gasteiger partial charge is 0.342 e. The van der Waals surface area contributed by atoms with Gasteiger partial charge in [0.1, 0.15) is 0 Å². The van der Waals surface area contributed by atoms with Crippen molar-refractivity contribution >= 4 is 72.8 Å². The number of hydrogen-bond donors (Lipinski definition) is 0. The number of rotatable bonds is 4. The van der Waals surface area contributed by atoms with Crippen LogP contribution in [-0.2, 0) is 11.3 Å². The highest BCUT2D eigenvalue weighted by atomic mass is 79.9. The Morgan fingerprint density at radius 2 is 1.65 bits per heavy atom.